The van der Waals surface area contributed by atoms with E-state index in [4.69, 9.17) is 0 Å². The van der Waals surface area contributed by atoms with E-state index in [9.17, 15) is 0 Å². The lowest BCUT2D eigenvalue weighted by molar-refractivity contribution is 0.446. The van der Waals surface area contributed by atoms with Crippen molar-refractivity contribution in [2.45, 2.75) is 103 Å². The molecule has 0 amide bonds. The Kier molecular flexibility index (Phi) is 10.5. The van der Waals surface area contributed by atoms with Crippen LogP contribution in [0, 0.1) is 5.92 Å². The highest BCUT2D eigenvalue weighted by Crippen LogP contribution is 2.29. The van der Waals surface area contributed by atoms with E-state index in [1.807, 2.05) is 0 Å². The van der Waals surface area contributed by atoms with Gasteiger partial charge in [-0.15, -0.1) is 0 Å². The van der Waals surface area contributed by atoms with Gasteiger partial charge < -0.3 is 5.32 Å². The normalized spacial score (nSPS) is 23.1. The average molecular weight is 268 g/mol. The number of hydrogen-bond acceptors (Lipinski definition) is 1. The molecule has 1 nitrogen and oxygen atoms in total. The molecule has 0 aromatic heterocycles. The summed E-state index contributed by atoms with van der Waals surface area (Å²) in [6.07, 6.45) is 20.5. The summed E-state index contributed by atoms with van der Waals surface area (Å²) in [4.78, 5) is 0. The summed E-state index contributed by atoms with van der Waals surface area (Å²) >= 11 is 0. The van der Waals surface area contributed by atoms with Gasteiger partial charge in [0.25, 0.3) is 0 Å². The van der Waals surface area contributed by atoms with Crippen LogP contribution in [0.3, 0.4) is 0 Å². The Hall–Kier alpha value is -0.0400. The maximum absolute atomic E-state index is 3.43. The van der Waals surface area contributed by atoms with E-state index in [0.717, 1.165) is 12.0 Å². The molecule has 1 aliphatic rings. The molecular weight excluding hydrogens is 230 g/mol. The zero-order chi connectivity index (χ0) is 13.8. The first kappa shape index (κ1) is 17.0. The van der Waals surface area contributed by atoms with E-state index < -0.39 is 0 Å². The highest BCUT2D eigenvalue weighted by Gasteiger charge is 2.22. The van der Waals surface area contributed by atoms with Crippen LogP contribution in [-0.4, -0.2) is 13.1 Å². The van der Waals surface area contributed by atoms with Crippen LogP contribution >= 0.6 is 0 Å². The van der Waals surface area contributed by atoms with Crippen molar-refractivity contribution >= 4 is 0 Å². The van der Waals surface area contributed by atoms with Crippen molar-refractivity contribution in [2.75, 3.05) is 7.05 Å². The Balaban J connectivity index is 1.77. The maximum atomic E-state index is 3.43. The Labute approximate surface area is 121 Å². The third-order valence-electron chi connectivity index (χ3n) is 4.92. The highest BCUT2D eigenvalue weighted by atomic mass is 14.9. The zero-order valence-corrected chi connectivity index (χ0v) is 13.6. The third-order valence-corrected chi connectivity index (χ3v) is 4.92. The van der Waals surface area contributed by atoms with Gasteiger partial charge in [0.05, 0.1) is 0 Å². The van der Waals surface area contributed by atoms with Crippen molar-refractivity contribution in [3.8, 4) is 0 Å². The number of hydrogen-bond donors (Lipinski definition) is 1. The number of rotatable bonds is 12. The second-order valence-electron chi connectivity index (χ2n) is 6.64. The quantitative estimate of drug-likeness (QED) is 0.448. The lowest BCUT2D eigenvalue weighted by atomic mass is 9.98. The molecule has 1 aliphatic carbocycles. The molecule has 2 unspecified atom stereocenters. The van der Waals surface area contributed by atoms with E-state index in [-0.39, 0.29) is 0 Å². The first-order chi connectivity index (χ1) is 9.36. The molecule has 0 aliphatic heterocycles. The first-order valence-corrected chi connectivity index (χ1v) is 9.04. The minimum absolute atomic E-state index is 0.827. The summed E-state index contributed by atoms with van der Waals surface area (Å²) in [7, 11) is 2.12. The van der Waals surface area contributed by atoms with Crippen molar-refractivity contribution in [2.24, 2.45) is 5.92 Å². The SMILES string of the molecule is CCCCCCCCCCCCC1CCC(NC)C1. The molecule has 0 saturated heterocycles. The van der Waals surface area contributed by atoms with Gasteiger partial charge in [-0.1, -0.05) is 77.6 Å². The lowest BCUT2D eigenvalue weighted by Crippen LogP contribution is -2.21. The largest absolute Gasteiger partial charge is 0.317 e. The molecule has 1 fully saturated rings. The number of unbranched alkanes of at least 4 members (excludes halogenated alkanes) is 9. The Morgan fingerprint density at radius 1 is 0.789 bits per heavy atom. The molecule has 0 aromatic carbocycles. The van der Waals surface area contributed by atoms with E-state index in [1.54, 1.807) is 0 Å². The van der Waals surface area contributed by atoms with Crippen LogP contribution in [0.2, 0.25) is 0 Å². The fraction of sp³-hybridized carbons (Fsp3) is 1.00. The van der Waals surface area contributed by atoms with Gasteiger partial charge in [-0.2, -0.15) is 0 Å². The zero-order valence-electron chi connectivity index (χ0n) is 13.6. The summed E-state index contributed by atoms with van der Waals surface area (Å²) in [5.74, 6) is 1.03. The van der Waals surface area contributed by atoms with Crippen molar-refractivity contribution in [3.05, 3.63) is 0 Å². The summed E-state index contributed by atoms with van der Waals surface area (Å²) in [5, 5.41) is 3.43. The molecular formula is C18H37N. The van der Waals surface area contributed by atoms with Crippen LogP contribution in [-0.2, 0) is 0 Å². The fourth-order valence-corrected chi connectivity index (χ4v) is 3.52. The van der Waals surface area contributed by atoms with Crippen molar-refractivity contribution in [3.63, 3.8) is 0 Å². The Morgan fingerprint density at radius 3 is 1.89 bits per heavy atom. The smallest absolute Gasteiger partial charge is 0.00668 e. The standard InChI is InChI=1S/C18H37N/c1-3-4-5-6-7-8-9-10-11-12-13-17-14-15-18(16-17)19-2/h17-19H,3-16H2,1-2H3. The highest BCUT2D eigenvalue weighted by molar-refractivity contribution is 4.79. The van der Waals surface area contributed by atoms with Crippen LogP contribution < -0.4 is 5.32 Å². The summed E-state index contributed by atoms with van der Waals surface area (Å²) in [6, 6.07) is 0.827. The van der Waals surface area contributed by atoms with Crippen LogP contribution in [0.1, 0.15) is 96.8 Å². The van der Waals surface area contributed by atoms with Gasteiger partial charge in [0.2, 0.25) is 0 Å². The molecule has 1 N–H and O–H groups in total. The molecule has 0 bridgehead atoms. The van der Waals surface area contributed by atoms with Gasteiger partial charge in [-0.05, 0) is 32.2 Å². The topological polar surface area (TPSA) is 12.0 Å². The molecule has 19 heavy (non-hydrogen) atoms. The van der Waals surface area contributed by atoms with Crippen molar-refractivity contribution < 1.29 is 0 Å². The fourth-order valence-electron chi connectivity index (χ4n) is 3.52. The van der Waals surface area contributed by atoms with Gasteiger partial charge in [-0.3, -0.25) is 0 Å². The van der Waals surface area contributed by atoms with Crippen LogP contribution in [0.15, 0.2) is 0 Å². The predicted octanol–water partition coefficient (Wildman–Crippen LogP) is 5.69. The van der Waals surface area contributed by atoms with E-state index in [0.29, 0.717) is 0 Å². The minimum Gasteiger partial charge on any atom is -0.317 e. The van der Waals surface area contributed by atoms with Gasteiger partial charge in [0, 0.05) is 6.04 Å². The molecule has 0 aromatic rings. The van der Waals surface area contributed by atoms with Crippen LogP contribution in [0.25, 0.3) is 0 Å². The second-order valence-corrected chi connectivity index (χ2v) is 6.64. The number of nitrogens with one attached hydrogen (secondary N) is 1. The van der Waals surface area contributed by atoms with Crippen molar-refractivity contribution in [1.29, 1.82) is 0 Å². The first-order valence-electron chi connectivity index (χ1n) is 9.04. The summed E-state index contributed by atoms with van der Waals surface area (Å²) in [5.41, 5.74) is 0. The van der Waals surface area contributed by atoms with Gasteiger partial charge in [-0.25, -0.2) is 0 Å². The minimum atomic E-state index is 0.827. The third kappa shape index (κ3) is 8.68. The van der Waals surface area contributed by atoms with Crippen LogP contribution in [0.4, 0.5) is 0 Å². The average Bonchev–Trinajstić information content (AvgIpc) is 2.89. The van der Waals surface area contributed by atoms with Gasteiger partial charge >= 0.3 is 0 Å². The molecule has 1 saturated carbocycles. The summed E-state index contributed by atoms with van der Waals surface area (Å²) in [6.45, 7) is 2.29. The monoisotopic (exact) mass is 267 g/mol. The molecule has 1 rings (SSSR count). The van der Waals surface area contributed by atoms with Gasteiger partial charge in [0.1, 0.15) is 0 Å². The maximum Gasteiger partial charge on any atom is 0.00668 e. The molecule has 0 spiro atoms. The van der Waals surface area contributed by atoms with E-state index >= 15 is 0 Å². The molecule has 2 atom stereocenters. The summed E-state index contributed by atoms with van der Waals surface area (Å²) < 4.78 is 0. The van der Waals surface area contributed by atoms with Crippen molar-refractivity contribution in [1.82, 2.24) is 5.32 Å². The van der Waals surface area contributed by atoms with Crippen LogP contribution in [0.5, 0.6) is 0 Å². The van der Waals surface area contributed by atoms with E-state index in [2.05, 4.69) is 19.3 Å². The molecule has 0 heterocycles. The molecule has 114 valence electrons. The Bertz CT molecular complexity index is 190. The molecule has 1 heteroatoms. The Morgan fingerprint density at radius 2 is 1.37 bits per heavy atom. The molecule has 0 radical (unpaired) electrons. The van der Waals surface area contributed by atoms with E-state index in [1.165, 1.54) is 89.9 Å². The lowest BCUT2D eigenvalue weighted by Gasteiger charge is -2.10. The second kappa shape index (κ2) is 11.8. The van der Waals surface area contributed by atoms with Gasteiger partial charge in [0.15, 0.2) is 0 Å². The predicted molar refractivity (Wildman–Crippen MR) is 86.6 cm³/mol.